The lowest BCUT2D eigenvalue weighted by molar-refractivity contribution is -0.114. The number of ether oxygens (including phenoxy) is 1. The molecule has 1 N–H and O–H groups in total. The summed E-state index contributed by atoms with van der Waals surface area (Å²) in [5.74, 6) is 0.208. The molecule has 1 amide bonds. The van der Waals surface area contributed by atoms with Gasteiger partial charge in [-0.2, -0.15) is 0 Å². The van der Waals surface area contributed by atoms with Crippen LogP contribution in [0.25, 0.3) is 0 Å². The van der Waals surface area contributed by atoms with Gasteiger partial charge in [-0.1, -0.05) is 23.7 Å². The fraction of sp³-hybridized carbons (Fsp3) is 0.278. The lowest BCUT2D eigenvalue weighted by Gasteiger charge is -2.22. The molecule has 0 saturated heterocycles. The smallest absolute Gasteiger partial charge is 0.245 e. The maximum Gasteiger partial charge on any atom is 0.245 e. The molecule has 2 aromatic rings. The van der Waals surface area contributed by atoms with Gasteiger partial charge in [-0.25, -0.2) is 8.42 Å². The molecule has 2 rings (SSSR count). The number of para-hydroxylation sites is 1. The standard InChI is InChI=1S/C18H21ClN2O4S/c1-13(2)25-15-10-8-14(9-11-15)20-18(22)12-21(26(3,23)24)17-7-5-4-6-16(17)19/h4-11,13H,12H2,1-3H3,(H,20,22). The maximum absolute atomic E-state index is 12.3. The molecule has 2 aromatic carbocycles. The first-order chi connectivity index (χ1) is 12.2. The van der Waals surface area contributed by atoms with Crippen LogP contribution in [0.5, 0.6) is 5.75 Å². The minimum atomic E-state index is -3.68. The number of hydrogen-bond acceptors (Lipinski definition) is 4. The van der Waals surface area contributed by atoms with E-state index in [2.05, 4.69) is 5.32 Å². The molecule has 0 atom stereocenters. The van der Waals surface area contributed by atoms with Crippen LogP contribution in [0.2, 0.25) is 5.02 Å². The first kappa shape index (κ1) is 20.1. The number of sulfonamides is 1. The zero-order valence-electron chi connectivity index (χ0n) is 14.8. The van der Waals surface area contributed by atoms with E-state index in [1.54, 1.807) is 48.5 Å². The second kappa shape index (κ2) is 8.42. The average Bonchev–Trinajstić information content (AvgIpc) is 2.54. The van der Waals surface area contributed by atoms with Gasteiger partial charge in [0.15, 0.2) is 0 Å². The fourth-order valence-electron chi connectivity index (χ4n) is 2.26. The predicted octanol–water partition coefficient (Wildman–Crippen LogP) is 3.53. The molecule has 0 radical (unpaired) electrons. The van der Waals surface area contributed by atoms with E-state index in [1.165, 1.54) is 0 Å². The topological polar surface area (TPSA) is 75.7 Å². The molecule has 0 aliphatic heterocycles. The summed E-state index contributed by atoms with van der Waals surface area (Å²) in [6.07, 6.45) is 1.08. The maximum atomic E-state index is 12.3. The monoisotopic (exact) mass is 396 g/mol. The molecule has 0 unspecified atom stereocenters. The van der Waals surface area contributed by atoms with E-state index in [0.717, 1.165) is 10.6 Å². The van der Waals surface area contributed by atoms with Gasteiger partial charge in [-0.15, -0.1) is 0 Å². The first-order valence-electron chi connectivity index (χ1n) is 7.95. The second-order valence-corrected chi connectivity index (χ2v) is 8.27. The Morgan fingerprint density at radius 3 is 2.31 bits per heavy atom. The summed E-state index contributed by atoms with van der Waals surface area (Å²) in [6, 6.07) is 13.3. The molecular formula is C18H21ClN2O4S. The van der Waals surface area contributed by atoms with Crippen LogP contribution in [-0.2, 0) is 14.8 Å². The number of benzene rings is 2. The van der Waals surface area contributed by atoms with Crippen molar-refractivity contribution in [2.24, 2.45) is 0 Å². The van der Waals surface area contributed by atoms with Crippen molar-refractivity contribution in [2.45, 2.75) is 20.0 Å². The van der Waals surface area contributed by atoms with Crippen LogP contribution in [0.15, 0.2) is 48.5 Å². The van der Waals surface area contributed by atoms with Gasteiger partial charge in [0.1, 0.15) is 12.3 Å². The van der Waals surface area contributed by atoms with E-state index in [9.17, 15) is 13.2 Å². The van der Waals surface area contributed by atoms with E-state index in [-0.39, 0.29) is 23.4 Å². The Labute approximate surface area is 158 Å². The van der Waals surface area contributed by atoms with Crippen LogP contribution in [0, 0.1) is 0 Å². The van der Waals surface area contributed by atoms with Gasteiger partial charge in [0.25, 0.3) is 0 Å². The van der Waals surface area contributed by atoms with Crippen LogP contribution < -0.4 is 14.4 Å². The Morgan fingerprint density at radius 2 is 1.77 bits per heavy atom. The highest BCUT2D eigenvalue weighted by Crippen LogP contribution is 2.27. The SMILES string of the molecule is CC(C)Oc1ccc(NC(=O)CN(c2ccccc2Cl)S(C)(=O)=O)cc1. The lowest BCUT2D eigenvalue weighted by atomic mass is 10.3. The summed E-state index contributed by atoms with van der Waals surface area (Å²) < 4.78 is 30.7. The van der Waals surface area contributed by atoms with Gasteiger partial charge in [0.2, 0.25) is 15.9 Å². The van der Waals surface area contributed by atoms with Crippen LogP contribution >= 0.6 is 11.6 Å². The van der Waals surface area contributed by atoms with E-state index in [0.29, 0.717) is 11.4 Å². The predicted molar refractivity (Wildman–Crippen MR) is 104 cm³/mol. The van der Waals surface area contributed by atoms with Crippen molar-refractivity contribution in [2.75, 3.05) is 22.4 Å². The molecule has 8 heteroatoms. The van der Waals surface area contributed by atoms with Crippen molar-refractivity contribution in [1.82, 2.24) is 0 Å². The molecule has 0 fully saturated rings. The zero-order valence-corrected chi connectivity index (χ0v) is 16.3. The molecule has 0 spiro atoms. The Bertz CT molecular complexity index is 867. The third-order valence-corrected chi connectivity index (χ3v) is 4.76. The summed E-state index contributed by atoms with van der Waals surface area (Å²) >= 11 is 6.08. The summed E-state index contributed by atoms with van der Waals surface area (Å²) in [6.45, 7) is 3.46. The molecule has 0 saturated carbocycles. The van der Waals surface area contributed by atoms with E-state index in [1.807, 2.05) is 13.8 Å². The van der Waals surface area contributed by atoms with Gasteiger partial charge in [-0.05, 0) is 50.2 Å². The normalized spacial score (nSPS) is 11.3. The number of carbonyl (C=O) groups excluding carboxylic acids is 1. The van der Waals surface area contributed by atoms with E-state index >= 15 is 0 Å². The highest BCUT2D eigenvalue weighted by atomic mass is 35.5. The molecule has 140 valence electrons. The average molecular weight is 397 g/mol. The molecular weight excluding hydrogens is 376 g/mol. The highest BCUT2D eigenvalue weighted by Gasteiger charge is 2.22. The lowest BCUT2D eigenvalue weighted by Crippen LogP contribution is -2.37. The number of halogens is 1. The number of hydrogen-bond donors (Lipinski definition) is 1. The Balaban J connectivity index is 2.12. The summed E-state index contributed by atoms with van der Waals surface area (Å²) in [5, 5.41) is 2.92. The van der Waals surface area contributed by atoms with Crippen molar-refractivity contribution in [1.29, 1.82) is 0 Å². The molecule has 0 aliphatic carbocycles. The van der Waals surface area contributed by atoms with Crippen molar-refractivity contribution < 1.29 is 17.9 Å². The van der Waals surface area contributed by atoms with E-state index < -0.39 is 15.9 Å². The number of anilines is 2. The number of carbonyl (C=O) groups is 1. The minimum Gasteiger partial charge on any atom is -0.491 e. The molecule has 0 bridgehead atoms. The Hall–Kier alpha value is -2.25. The highest BCUT2D eigenvalue weighted by molar-refractivity contribution is 7.92. The van der Waals surface area contributed by atoms with Crippen LogP contribution in [-0.4, -0.2) is 33.2 Å². The van der Waals surface area contributed by atoms with Gasteiger partial charge < -0.3 is 10.1 Å². The van der Waals surface area contributed by atoms with Gasteiger partial charge in [0.05, 0.1) is 23.1 Å². The summed E-state index contributed by atoms with van der Waals surface area (Å²) in [7, 11) is -3.68. The zero-order chi connectivity index (χ0) is 19.3. The van der Waals surface area contributed by atoms with Crippen LogP contribution in [0.4, 0.5) is 11.4 Å². The molecule has 0 aliphatic rings. The number of rotatable bonds is 7. The molecule has 26 heavy (non-hydrogen) atoms. The third-order valence-electron chi connectivity index (χ3n) is 3.32. The van der Waals surface area contributed by atoms with Crippen molar-refractivity contribution in [3.8, 4) is 5.75 Å². The van der Waals surface area contributed by atoms with Crippen molar-refractivity contribution >= 4 is 38.9 Å². The minimum absolute atomic E-state index is 0.0504. The molecule has 0 aromatic heterocycles. The number of nitrogens with one attached hydrogen (secondary N) is 1. The molecule has 6 nitrogen and oxygen atoms in total. The summed E-state index contributed by atoms with van der Waals surface area (Å²) in [5.41, 5.74) is 0.797. The fourth-order valence-corrected chi connectivity index (χ4v) is 3.41. The largest absolute Gasteiger partial charge is 0.491 e. The van der Waals surface area contributed by atoms with Crippen LogP contribution in [0.1, 0.15) is 13.8 Å². The number of amides is 1. The third kappa shape index (κ3) is 5.64. The van der Waals surface area contributed by atoms with Gasteiger partial charge in [-0.3, -0.25) is 9.10 Å². The van der Waals surface area contributed by atoms with E-state index in [4.69, 9.17) is 16.3 Å². The first-order valence-corrected chi connectivity index (χ1v) is 10.2. The van der Waals surface area contributed by atoms with Gasteiger partial charge in [0, 0.05) is 5.69 Å². The second-order valence-electron chi connectivity index (χ2n) is 5.96. The number of nitrogens with zero attached hydrogens (tertiary/aromatic N) is 1. The van der Waals surface area contributed by atoms with Gasteiger partial charge >= 0.3 is 0 Å². The van der Waals surface area contributed by atoms with Crippen molar-refractivity contribution in [3.63, 3.8) is 0 Å². The van der Waals surface area contributed by atoms with Crippen molar-refractivity contribution in [3.05, 3.63) is 53.6 Å². The molecule has 0 heterocycles. The van der Waals surface area contributed by atoms with Crippen LogP contribution in [0.3, 0.4) is 0 Å². The quantitative estimate of drug-likeness (QED) is 0.776. The Kier molecular flexibility index (Phi) is 6.50. The summed E-state index contributed by atoms with van der Waals surface area (Å²) in [4.78, 5) is 12.3. The Morgan fingerprint density at radius 1 is 1.15 bits per heavy atom.